The zero-order valence-electron chi connectivity index (χ0n) is 15.0. The summed E-state index contributed by atoms with van der Waals surface area (Å²) in [6.07, 6.45) is 2.37. The fraction of sp³-hybridized carbons (Fsp3) is 0.333. The highest BCUT2D eigenvalue weighted by molar-refractivity contribution is 6.31. The van der Waals surface area contributed by atoms with Crippen molar-refractivity contribution in [3.8, 4) is 0 Å². The molecule has 2 aliphatic rings. The van der Waals surface area contributed by atoms with Gasteiger partial charge < -0.3 is 15.5 Å². The Morgan fingerprint density at radius 1 is 1.22 bits per heavy atom. The van der Waals surface area contributed by atoms with E-state index < -0.39 is 0 Å². The summed E-state index contributed by atoms with van der Waals surface area (Å²) >= 11 is 6.09. The summed E-state index contributed by atoms with van der Waals surface area (Å²) in [4.78, 5) is 26.4. The van der Waals surface area contributed by atoms with E-state index in [1.54, 1.807) is 4.90 Å². The Balaban J connectivity index is 1.42. The summed E-state index contributed by atoms with van der Waals surface area (Å²) in [5.74, 6) is 0.171. The molecule has 0 saturated carbocycles. The van der Waals surface area contributed by atoms with Crippen LogP contribution in [-0.4, -0.2) is 24.9 Å². The zero-order valence-corrected chi connectivity index (χ0v) is 15.8. The maximum atomic E-state index is 12.4. The first kappa shape index (κ1) is 18.0. The van der Waals surface area contributed by atoms with Crippen LogP contribution in [0.4, 0.5) is 11.4 Å². The lowest BCUT2D eigenvalue weighted by Crippen LogP contribution is -2.37. The molecule has 2 N–H and O–H groups in total. The van der Waals surface area contributed by atoms with Crippen molar-refractivity contribution in [2.75, 3.05) is 23.3 Å². The number of nitrogens with zero attached hydrogens (tertiary/aromatic N) is 1. The number of hydrogen-bond donors (Lipinski definition) is 2. The molecule has 2 heterocycles. The molecule has 1 atom stereocenters. The van der Waals surface area contributed by atoms with Crippen LogP contribution in [0.15, 0.2) is 42.5 Å². The third-order valence-corrected chi connectivity index (χ3v) is 5.45. The highest BCUT2D eigenvalue weighted by Gasteiger charge is 2.27. The third-order valence-electron chi connectivity index (χ3n) is 5.21. The van der Waals surface area contributed by atoms with Crippen molar-refractivity contribution in [1.29, 1.82) is 0 Å². The van der Waals surface area contributed by atoms with E-state index in [1.807, 2.05) is 42.5 Å². The van der Waals surface area contributed by atoms with E-state index >= 15 is 0 Å². The van der Waals surface area contributed by atoms with Gasteiger partial charge in [0.2, 0.25) is 11.8 Å². The molecule has 4 rings (SSSR count). The maximum absolute atomic E-state index is 12.4. The number of amides is 2. The van der Waals surface area contributed by atoms with Crippen LogP contribution in [0, 0.1) is 5.92 Å². The van der Waals surface area contributed by atoms with Gasteiger partial charge in [0.15, 0.2) is 0 Å². The van der Waals surface area contributed by atoms with Crippen molar-refractivity contribution in [2.24, 2.45) is 5.92 Å². The molecule has 5 nitrogen and oxygen atoms in total. The number of benzene rings is 2. The predicted octanol–water partition coefficient (Wildman–Crippen LogP) is 3.37. The van der Waals surface area contributed by atoms with Crippen molar-refractivity contribution >= 4 is 34.8 Å². The predicted molar refractivity (Wildman–Crippen MR) is 107 cm³/mol. The first-order chi connectivity index (χ1) is 13.1. The molecule has 2 amide bonds. The minimum atomic E-state index is 0.0295. The first-order valence-electron chi connectivity index (χ1n) is 9.29. The van der Waals surface area contributed by atoms with E-state index in [1.165, 1.54) is 0 Å². The summed E-state index contributed by atoms with van der Waals surface area (Å²) in [7, 11) is 0. The highest BCUT2D eigenvalue weighted by Crippen LogP contribution is 2.32. The molecule has 1 fully saturated rings. The van der Waals surface area contributed by atoms with Gasteiger partial charge in [0.1, 0.15) is 0 Å². The largest absolute Gasteiger partial charge is 0.326 e. The maximum Gasteiger partial charge on any atom is 0.231 e. The normalized spacial score (nSPS) is 19.1. The Morgan fingerprint density at radius 2 is 2.04 bits per heavy atom. The monoisotopic (exact) mass is 383 g/mol. The second kappa shape index (κ2) is 7.71. The summed E-state index contributed by atoms with van der Waals surface area (Å²) in [5.41, 5.74) is 3.68. The molecule has 140 valence electrons. The molecule has 0 spiro atoms. The molecule has 1 saturated heterocycles. The van der Waals surface area contributed by atoms with Gasteiger partial charge >= 0.3 is 0 Å². The van der Waals surface area contributed by atoms with Crippen molar-refractivity contribution in [2.45, 2.75) is 25.8 Å². The summed E-state index contributed by atoms with van der Waals surface area (Å²) in [6, 6.07) is 13.3. The molecular weight excluding hydrogens is 362 g/mol. The molecule has 0 aromatic heterocycles. The average molecular weight is 384 g/mol. The van der Waals surface area contributed by atoms with Crippen LogP contribution >= 0.6 is 11.6 Å². The fourth-order valence-corrected chi connectivity index (χ4v) is 3.87. The summed E-state index contributed by atoms with van der Waals surface area (Å²) in [6.45, 7) is 2.22. The molecule has 1 unspecified atom stereocenters. The second-order valence-electron chi connectivity index (χ2n) is 7.16. The van der Waals surface area contributed by atoms with Gasteiger partial charge in [-0.1, -0.05) is 29.8 Å². The van der Waals surface area contributed by atoms with Crippen LogP contribution in [0.25, 0.3) is 0 Å². The number of rotatable bonds is 4. The van der Waals surface area contributed by atoms with Gasteiger partial charge in [-0.05, 0) is 54.8 Å². The summed E-state index contributed by atoms with van der Waals surface area (Å²) < 4.78 is 0. The fourth-order valence-electron chi connectivity index (χ4n) is 3.70. The van der Waals surface area contributed by atoms with Gasteiger partial charge in [0.05, 0.1) is 18.9 Å². The van der Waals surface area contributed by atoms with Crippen LogP contribution in [0.3, 0.4) is 0 Å². The highest BCUT2D eigenvalue weighted by atomic mass is 35.5. The van der Waals surface area contributed by atoms with Gasteiger partial charge in [-0.15, -0.1) is 0 Å². The molecular formula is C21H22ClN3O2. The van der Waals surface area contributed by atoms with Gasteiger partial charge in [0.25, 0.3) is 0 Å². The Labute approximate surface area is 163 Å². The van der Waals surface area contributed by atoms with Crippen LogP contribution in [-0.2, 0) is 22.6 Å². The SMILES string of the molecule is O=C(Nc1ccc(CN2C(=O)Cc3ccc(Cl)cc32)cc1)C1CCCNC1. The molecule has 2 aliphatic heterocycles. The molecule has 6 heteroatoms. The van der Waals surface area contributed by atoms with Crippen molar-refractivity contribution in [1.82, 2.24) is 5.32 Å². The Kier molecular flexibility index (Phi) is 5.14. The van der Waals surface area contributed by atoms with Crippen molar-refractivity contribution in [3.63, 3.8) is 0 Å². The van der Waals surface area contributed by atoms with Crippen molar-refractivity contribution < 1.29 is 9.59 Å². The van der Waals surface area contributed by atoms with Crippen LogP contribution < -0.4 is 15.5 Å². The van der Waals surface area contributed by atoms with E-state index in [0.29, 0.717) is 18.0 Å². The molecule has 0 radical (unpaired) electrons. The number of halogens is 1. The number of fused-ring (bicyclic) bond motifs is 1. The van der Waals surface area contributed by atoms with E-state index in [4.69, 9.17) is 11.6 Å². The Morgan fingerprint density at radius 3 is 2.78 bits per heavy atom. The van der Waals surface area contributed by atoms with E-state index in [0.717, 1.165) is 48.4 Å². The molecule has 2 aromatic rings. The van der Waals surface area contributed by atoms with Crippen LogP contribution in [0.2, 0.25) is 5.02 Å². The first-order valence-corrected chi connectivity index (χ1v) is 9.67. The number of hydrogen-bond acceptors (Lipinski definition) is 3. The van der Waals surface area contributed by atoms with E-state index in [9.17, 15) is 9.59 Å². The number of piperidine rings is 1. The molecule has 0 bridgehead atoms. The quantitative estimate of drug-likeness (QED) is 0.850. The smallest absolute Gasteiger partial charge is 0.231 e. The zero-order chi connectivity index (χ0) is 18.8. The third kappa shape index (κ3) is 3.99. The summed E-state index contributed by atoms with van der Waals surface area (Å²) in [5, 5.41) is 6.88. The van der Waals surface area contributed by atoms with Gasteiger partial charge in [-0.25, -0.2) is 0 Å². The minimum absolute atomic E-state index is 0.0295. The molecule has 27 heavy (non-hydrogen) atoms. The number of nitrogens with one attached hydrogen (secondary N) is 2. The van der Waals surface area contributed by atoms with Gasteiger partial charge in [0, 0.05) is 22.9 Å². The average Bonchev–Trinajstić information content (AvgIpc) is 2.99. The van der Waals surface area contributed by atoms with E-state index in [-0.39, 0.29) is 17.7 Å². The topological polar surface area (TPSA) is 61.4 Å². The van der Waals surface area contributed by atoms with Gasteiger partial charge in [-0.3, -0.25) is 9.59 Å². The molecule has 0 aliphatic carbocycles. The lowest BCUT2D eigenvalue weighted by atomic mass is 9.99. The Hall–Kier alpha value is -2.37. The van der Waals surface area contributed by atoms with Gasteiger partial charge in [-0.2, -0.15) is 0 Å². The van der Waals surface area contributed by atoms with E-state index in [2.05, 4.69) is 10.6 Å². The number of carbonyl (C=O) groups is 2. The minimum Gasteiger partial charge on any atom is -0.326 e. The van der Waals surface area contributed by atoms with Crippen molar-refractivity contribution in [3.05, 3.63) is 58.6 Å². The lowest BCUT2D eigenvalue weighted by molar-refractivity contribution is -0.120. The molecule has 2 aromatic carbocycles. The number of carbonyl (C=O) groups excluding carboxylic acids is 2. The Bertz CT molecular complexity index is 860. The van der Waals surface area contributed by atoms with Crippen LogP contribution in [0.5, 0.6) is 0 Å². The second-order valence-corrected chi connectivity index (χ2v) is 7.60. The van der Waals surface area contributed by atoms with Crippen LogP contribution in [0.1, 0.15) is 24.0 Å². The lowest BCUT2D eigenvalue weighted by Gasteiger charge is -2.22. The number of anilines is 2. The standard InChI is InChI=1S/C21H22ClN3O2/c22-17-6-5-15-10-20(26)25(19(15)11-17)13-14-3-7-18(8-4-14)24-21(27)16-2-1-9-23-12-16/h3-8,11,16,23H,1-2,9-10,12-13H2,(H,24,27).